The summed E-state index contributed by atoms with van der Waals surface area (Å²) < 4.78 is 1.97. The quantitative estimate of drug-likeness (QED) is 0.720. The van der Waals surface area contributed by atoms with E-state index in [9.17, 15) is 14.4 Å². The molecule has 1 saturated heterocycles. The van der Waals surface area contributed by atoms with Crippen LogP contribution >= 0.6 is 0 Å². The molecule has 1 aliphatic heterocycles. The summed E-state index contributed by atoms with van der Waals surface area (Å²) in [6.45, 7) is 6.83. The lowest BCUT2D eigenvalue weighted by atomic mass is 10.0. The lowest BCUT2D eigenvalue weighted by molar-refractivity contribution is 0.0497. The van der Waals surface area contributed by atoms with Crippen molar-refractivity contribution in [1.29, 1.82) is 0 Å². The number of aromatic amines is 2. The van der Waals surface area contributed by atoms with Crippen LogP contribution in [0.25, 0.3) is 11.1 Å². The second-order valence-electron chi connectivity index (χ2n) is 7.22. The Hall–Kier alpha value is -3.42. The van der Waals surface area contributed by atoms with Gasteiger partial charge in [-0.25, -0.2) is 4.79 Å². The van der Waals surface area contributed by atoms with E-state index in [4.69, 9.17) is 0 Å². The second kappa shape index (κ2) is 6.63. The predicted octanol–water partition coefficient (Wildman–Crippen LogP) is 1.55. The van der Waals surface area contributed by atoms with Crippen LogP contribution in [0.5, 0.6) is 0 Å². The number of rotatable bonds is 3. The smallest absolute Gasteiger partial charge is 0.325 e. The summed E-state index contributed by atoms with van der Waals surface area (Å²) in [4.78, 5) is 43.0. The van der Waals surface area contributed by atoms with E-state index >= 15 is 0 Å². The Morgan fingerprint density at radius 2 is 1.86 bits per heavy atom. The number of benzene rings is 1. The Morgan fingerprint density at radius 3 is 2.50 bits per heavy atom. The highest BCUT2D eigenvalue weighted by atomic mass is 16.2. The van der Waals surface area contributed by atoms with Crippen LogP contribution in [0.15, 0.2) is 39.9 Å². The van der Waals surface area contributed by atoms with Crippen LogP contribution in [-0.4, -0.2) is 43.6 Å². The standard InChI is InChI=1S/C20H21N5O3/c1-11-7-12(2)25(23-11)16-9-24(10-16)19(27)15-6-4-5-14(8-15)17-13(3)21-20(28)22-18(17)26/h4-8,16H,9-10H2,1-3H3,(H2,21,22,26,28). The molecule has 144 valence electrons. The first kappa shape index (κ1) is 18.0. The monoisotopic (exact) mass is 379 g/mol. The fourth-order valence-corrected chi connectivity index (χ4v) is 3.73. The van der Waals surface area contributed by atoms with Crippen molar-refractivity contribution in [2.45, 2.75) is 26.8 Å². The molecule has 3 heterocycles. The van der Waals surface area contributed by atoms with Gasteiger partial charge in [0.2, 0.25) is 0 Å². The Bertz CT molecular complexity index is 1180. The number of H-pyrrole nitrogens is 2. The summed E-state index contributed by atoms with van der Waals surface area (Å²) in [5.74, 6) is -0.0851. The number of aromatic nitrogens is 4. The SMILES string of the molecule is Cc1cc(C)n(C2CN(C(=O)c3cccc(-c4c(C)[nH]c(=O)[nH]c4=O)c3)C2)n1. The van der Waals surface area contributed by atoms with Gasteiger partial charge in [-0.1, -0.05) is 12.1 Å². The average Bonchev–Trinajstić information content (AvgIpc) is 2.91. The van der Waals surface area contributed by atoms with Gasteiger partial charge in [0.1, 0.15) is 0 Å². The molecule has 8 nitrogen and oxygen atoms in total. The minimum Gasteiger partial charge on any atom is -0.334 e. The van der Waals surface area contributed by atoms with Crippen molar-refractivity contribution in [1.82, 2.24) is 24.6 Å². The Balaban J connectivity index is 1.56. The largest absolute Gasteiger partial charge is 0.334 e. The number of aryl methyl sites for hydroxylation is 3. The van der Waals surface area contributed by atoms with Crippen molar-refractivity contribution in [2.75, 3.05) is 13.1 Å². The molecule has 28 heavy (non-hydrogen) atoms. The number of amides is 1. The summed E-state index contributed by atoms with van der Waals surface area (Å²) in [7, 11) is 0. The molecule has 0 saturated carbocycles. The first-order valence-electron chi connectivity index (χ1n) is 9.09. The molecule has 0 spiro atoms. The van der Waals surface area contributed by atoms with E-state index in [2.05, 4.69) is 15.1 Å². The van der Waals surface area contributed by atoms with E-state index in [0.717, 1.165) is 11.4 Å². The zero-order chi connectivity index (χ0) is 20.0. The highest BCUT2D eigenvalue weighted by molar-refractivity contribution is 5.96. The molecule has 8 heteroatoms. The van der Waals surface area contributed by atoms with Crippen LogP contribution in [0.2, 0.25) is 0 Å². The first-order valence-corrected chi connectivity index (χ1v) is 9.09. The van der Waals surface area contributed by atoms with Crippen LogP contribution in [-0.2, 0) is 0 Å². The topological polar surface area (TPSA) is 104 Å². The molecule has 2 aromatic heterocycles. The molecule has 0 unspecified atom stereocenters. The molecule has 2 N–H and O–H groups in total. The molecular formula is C20H21N5O3. The summed E-state index contributed by atoms with van der Waals surface area (Å²) in [5.41, 5.74) is 2.96. The molecule has 3 aromatic rings. The van der Waals surface area contributed by atoms with Crippen LogP contribution < -0.4 is 11.2 Å². The third kappa shape index (κ3) is 3.06. The van der Waals surface area contributed by atoms with E-state index in [1.54, 1.807) is 36.1 Å². The average molecular weight is 379 g/mol. The van der Waals surface area contributed by atoms with E-state index in [1.165, 1.54) is 0 Å². The molecule has 1 fully saturated rings. The zero-order valence-electron chi connectivity index (χ0n) is 15.9. The fraction of sp³-hybridized carbons (Fsp3) is 0.300. The first-order chi connectivity index (χ1) is 13.3. The molecule has 0 aliphatic carbocycles. The summed E-state index contributed by atoms with van der Waals surface area (Å²) in [6.07, 6.45) is 0. The zero-order valence-corrected chi connectivity index (χ0v) is 15.9. The van der Waals surface area contributed by atoms with E-state index < -0.39 is 11.2 Å². The molecule has 0 radical (unpaired) electrons. The Labute approximate surface area is 160 Å². The predicted molar refractivity (Wildman–Crippen MR) is 104 cm³/mol. The van der Waals surface area contributed by atoms with Crippen LogP contribution in [0.4, 0.5) is 0 Å². The van der Waals surface area contributed by atoms with Crippen molar-refractivity contribution >= 4 is 5.91 Å². The maximum Gasteiger partial charge on any atom is 0.325 e. The van der Waals surface area contributed by atoms with Gasteiger partial charge in [0.25, 0.3) is 11.5 Å². The molecule has 1 aliphatic rings. The van der Waals surface area contributed by atoms with Gasteiger partial charge in [-0.15, -0.1) is 0 Å². The second-order valence-corrected chi connectivity index (χ2v) is 7.22. The summed E-state index contributed by atoms with van der Waals surface area (Å²) in [6, 6.07) is 9.13. The van der Waals surface area contributed by atoms with Gasteiger partial charge in [-0.3, -0.25) is 19.3 Å². The normalized spacial score (nSPS) is 14.2. The number of carbonyl (C=O) groups excluding carboxylic acids is 1. The number of nitrogens with zero attached hydrogens (tertiary/aromatic N) is 3. The van der Waals surface area contributed by atoms with Gasteiger partial charge in [-0.2, -0.15) is 5.10 Å². The third-order valence-corrected chi connectivity index (χ3v) is 5.07. The van der Waals surface area contributed by atoms with E-state index in [-0.39, 0.29) is 11.9 Å². The van der Waals surface area contributed by atoms with Gasteiger partial charge >= 0.3 is 5.69 Å². The van der Waals surface area contributed by atoms with Crippen molar-refractivity contribution in [3.8, 4) is 11.1 Å². The van der Waals surface area contributed by atoms with E-state index in [0.29, 0.717) is 35.5 Å². The van der Waals surface area contributed by atoms with Gasteiger partial charge in [0.15, 0.2) is 0 Å². The highest BCUT2D eigenvalue weighted by Gasteiger charge is 2.33. The van der Waals surface area contributed by atoms with Crippen LogP contribution in [0.1, 0.15) is 33.5 Å². The van der Waals surface area contributed by atoms with Crippen molar-refractivity contribution in [2.24, 2.45) is 0 Å². The van der Waals surface area contributed by atoms with Gasteiger partial charge in [0.05, 0.1) is 17.3 Å². The van der Waals surface area contributed by atoms with Crippen molar-refractivity contribution < 1.29 is 4.79 Å². The lowest BCUT2D eigenvalue weighted by Crippen LogP contribution is -2.51. The highest BCUT2D eigenvalue weighted by Crippen LogP contribution is 2.26. The number of hydrogen-bond donors (Lipinski definition) is 2. The van der Waals surface area contributed by atoms with Gasteiger partial charge in [0, 0.05) is 30.0 Å². The molecular weight excluding hydrogens is 358 g/mol. The van der Waals surface area contributed by atoms with Gasteiger partial charge < -0.3 is 9.88 Å². The number of carbonyl (C=O) groups is 1. The molecule has 4 rings (SSSR count). The maximum atomic E-state index is 12.9. The minimum absolute atomic E-state index is 0.0851. The molecule has 0 bridgehead atoms. The molecule has 0 atom stereocenters. The number of likely N-dealkylation sites (tertiary alicyclic amines) is 1. The van der Waals surface area contributed by atoms with Crippen LogP contribution in [0.3, 0.4) is 0 Å². The third-order valence-electron chi connectivity index (χ3n) is 5.07. The number of nitrogens with one attached hydrogen (secondary N) is 2. The fourth-order valence-electron chi connectivity index (χ4n) is 3.73. The number of hydrogen-bond acceptors (Lipinski definition) is 4. The summed E-state index contributed by atoms with van der Waals surface area (Å²) >= 11 is 0. The summed E-state index contributed by atoms with van der Waals surface area (Å²) in [5, 5.41) is 4.49. The maximum absolute atomic E-state index is 12.9. The van der Waals surface area contributed by atoms with Crippen LogP contribution in [0, 0.1) is 20.8 Å². The molecule has 1 aromatic carbocycles. The lowest BCUT2D eigenvalue weighted by Gasteiger charge is -2.39. The van der Waals surface area contributed by atoms with Crippen molar-refractivity contribution in [3.05, 3.63) is 73.8 Å². The minimum atomic E-state index is -0.547. The Kier molecular flexibility index (Phi) is 4.26. The Morgan fingerprint density at radius 1 is 1.11 bits per heavy atom. The van der Waals surface area contributed by atoms with Gasteiger partial charge in [-0.05, 0) is 44.5 Å². The van der Waals surface area contributed by atoms with E-state index in [1.807, 2.05) is 24.6 Å². The molecule has 1 amide bonds. The van der Waals surface area contributed by atoms with Crippen molar-refractivity contribution in [3.63, 3.8) is 0 Å².